The Kier molecular flexibility index (Phi) is 6.58. The number of carbonyl (C=O) groups is 1. The van der Waals surface area contributed by atoms with Gasteiger partial charge in [0, 0.05) is 32.0 Å². The Morgan fingerprint density at radius 3 is 2.47 bits per heavy atom. The number of sulfone groups is 1. The molecule has 9 nitrogen and oxygen atoms in total. The quantitative estimate of drug-likeness (QED) is 0.486. The summed E-state index contributed by atoms with van der Waals surface area (Å²) in [6, 6.07) is 2.46. The van der Waals surface area contributed by atoms with Gasteiger partial charge in [0.15, 0.2) is 21.3 Å². The number of alkyl halides is 3. The van der Waals surface area contributed by atoms with Gasteiger partial charge in [-0.2, -0.15) is 13.2 Å². The van der Waals surface area contributed by atoms with Gasteiger partial charge in [-0.3, -0.25) is 4.79 Å². The molecule has 0 saturated carbocycles. The van der Waals surface area contributed by atoms with Crippen LogP contribution >= 0.6 is 0 Å². The predicted octanol–water partition coefficient (Wildman–Crippen LogP) is 3.55. The van der Waals surface area contributed by atoms with Crippen molar-refractivity contribution in [1.82, 2.24) is 19.5 Å². The summed E-state index contributed by atoms with van der Waals surface area (Å²) < 4.78 is 67.8. The topological polar surface area (TPSA) is 118 Å². The molecule has 3 aromatic rings. The summed E-state index contributed by atoms with van der Waals surface area (Å²) in [6.45, 7) is 5.27. The smallest absolute Gasteiger partial charge is 0.392 e. The summed E-state index contributed by atoms with van der Waals surface area (Å²) in [5, 5.41) is 9.71. The van der Waals surface area contributed by atoms with Crippen molar-refractivity contribution in [1.29, 1.82) is 0 Å². The van der Waals surface area contributed by atoms with Gasteiger partial charge >= 0.3 is 6.18 Å². The molecule has 0 bridgehead atoms. The summed E-state index contributed by atoms with van der Waals surface area (Å²) in [7, 11) is -3.62. The fourth-order valence-electron chi connectivity index (χ4n) is 4.63. The average Bonchev–Trinajstić information content (AvgIpc) is 3.17. The molecule has 0 spiro atoms. The van der Waals surface area contributed by atoms with Crippen LogP contribution in [0.25, 0.3) is 11.0 Å². The number of halogens is 3. The van der Waals surface area contributed by atoms with Gasteiger partial charge in [-0.1, -0.05) is 20.8 Å². The third-order valence-corrected chi connectivity index (χ3v) is 7.43. The molecule has 1 aliphatic heterocycles. The molecular formula is C23H26F3N5O4S. The number of hydrogen-bond donors (Lipinski definition) is 1. The van der Waals surface area contributed by atoms with Crippen LogP contribution in [-0.4, -0.2) is 51.6 Å². The first-order chi connectivity index (χ1) is 16.8. The van der Waals surface area contributed by atoms with Crippen molar-refractivity contribution < 1.29 is 31.5 Å². The minimum absolute atomic E-state index is 0.00180. The van der Waals surface area contributed by atoms with E-state index in [1.807, 2.05) is 18.4 Å². The van der Waals surface area contributed by atoms with E-state index in [9.17, 15) is 31.5 Å². The number of anilines is 1. The first-order valence-electron chi connectivity index (χ1n) is 11.4. The van der Waals surface area contributed by atoms with Gasteiger partial charge in [-0.15, -0.1) is 0 Å². The Morgan fingerprint density at radius 2 is 1.92 bits per heavy atom. The number of ketones is 1. The molecule has 194 valence electrons. The molecule has 13 heteroatoms. The lowest BCUT2D eigenvalue weighted by Crippen LogP contribution is -2.42. The van der Waals surface area contributed by atoms with Crippen molar-refractivity contribution in [3.05, 3.63) is 41.0 Å². The highest BCUT2D eigenvalue weighted by Crippen LogP contribution is 2.39. The number of rotatable bonds is 6. The maximum atomic E-state index is 13.8. The Labute approximate surface area is 205 Å². The molecule has 3 heterocycles. The van der Waals surface area contributed by atoms with Gasteiger partial charge in [-0.25, -0.2) is 23.4 Å². The van der Waals surface area contributed by atoms with Crippen LogP contribution in [0.1, 0.15) is 60.7 Å². The number of hydrogen-bond acceptors (Lipinski definition) is 8. The molecular weight excluding hydrogens is 499 g/mol. The molecule has 1 atom stereocenters. The van der Waals surface area contributed by atoms with E-state index >= 15 is 0 Å². The number of imidazole rings is 1. The number of carbonyl (C=O) groups excluding carboxylic acids is 1. The minimum Gasteiger partial charge on any atom is -0.392 e. The Bertz CT molecular complexity index is 1450. The van der Waals surface area contributed by atoms with E-state index in [-0.39, 0.29) is 41.8 Å². The fraction of sp³-hybridized carbons (Fsp3) is 0.478. The van der Waals surface area contributed by atoms with E-state index in [1.54, 1.807) is 4.90 Å². The van der Waals surface area contributed by atoms with Crippen LogP contribution in [0.3, 0.4) is 0 Å². The molecule has 0 saturated heterocycles. The first kappa shape index (κ1) is 26.0. The molecule has 2 aromatic heterocycles. The molecule has 0 fully saturated rings. The summed E-state index contributed by atoms with van der Waals surface area (Å²) in [6.07, 6.45) is -2.96. The molecule has 4 rings (SSSR count). The normalized spacial score (nSPS) is 16.6. The maximum Gasteiger partial charge on any atom is 0.434 e. The van der Waals surface area contributed by atoms with Crippen LogP contribution in [0.4, 0.5) is 19.1 Å². The summed E-state index contributed by atoms with van der Waals surface area (Å²) >= 11 is 0. The first-order valence-corrected chi connectivity index (χ1v) is 13.2. The number of Topliss-reactive ketones (excluding diaryl/α,β-unsaturated/α-hetero) is 1. The third kappa shape index (κ3) is 4.45. The standard InChI is InChI=1S/C23H26F3N5O4S/c1-5-17(33)14-10-27-22(29-20(14)23(24,25)26)31-7-6-30-16-9-18(36(4,34)35)13(11-32)8-15(16)28-21(30)19(31)12(2)3/h8-10,12,19,32H,5-7,11H2,1-4H3/t19-/m1/s1. The van der Waals surface area contributed by atoms with Crippen molar-refractivity contribution >= 4 is 32.6 Å². The summed E-state index contributed by atoms with van der Waals surface area (Å²) in [5.41, 5.74) is -0.605. The van der Waals surface area contributed by atoms with Crippen LogP contribution in [0.15, 0.2) is 23.2 Å². The van der Waals surface area contributed by atoms with Crippen molar-refractivity contribution in [2.24, 2.45) is 5.92 Å². The SMILES string of the molecule is CCC(=O)c1cnc(N2CCn3c(nc4cc(CO)c(S(C)(=O)=O)cc43)[C@H]2C(C)C)nc1C(F)(F)F. The van der Waals surface area contributed by atoms with Crippen molar-refractivity contribution in [3.8, 4) is 0 Å². The lowest BCUT2D eigenvalue weighted by atomic mass is 10.00. The van der Waals surface area contributed by atoms with Gasteiger partial charge in [0.05, 0.1) is 34.1 Å². The zero-order valence-electron chi connectivity index (χ0n) is 20.2. The van der Waals surface area contributed by atoms with Crippen LogP contribution in [-0.2, 0) is 29.2 Å². The van der Waals surface area contributed by atoms with Gasteiger partial charge in [0.2, 0.25) is 5.95 Å². The minimum atomic E-state index is -4.84. The molecule has 0 radical (unpaired) electrons. The Morgan fingerprint density at radius 1 is 1.22 bits per heavy atom. The fourth-order valence-corrected chi connectivity index (χ4v) is 5.56. The molecule has 1 aromatic carbocycles. The average molecular weight is 526 g/mol. The molecule has 1 N–H and O–H groups in total. The number of benzene rings is 1. The molecule has 36 heavy (non-hydrogen) atoms. The van der Waals surface area contributed by atoms with E-state index in [0.29, 0.717) is 16.9 Å². The van der Waals surface area contributed by atoms with Crippen LogP contribution in [0.5, 0.6) is 0 Å². The molecule has 0 unspecified atom stereocenters. The van der Waals surface area contributed by atoms with Gasteiger partial charge < -0.3 is 14.6 Å². The summed E-state index contributed by atoms with van der Waals surface area (Å²) in [4.78, 5) is 26.3. The highest BCUT2D eigenvalue weighted by atomic mass is 32.2. The van der Waals surface area contributed by atoms with Crippen molar-refractivity contribution in [2.45, 2.75) is 57.5 Å². The van der Waals surface area contributed by atoms with E-state index in [4.69, 9.17) is 0 Å². The Hall–Kier alpha value is -3.06. The monoisotopic (exact) mass is 525 g/mol. The highest BCUT2D eigenvalue weighted by Gasteiger charge is 2.40. The number of nitrogens with zero attached hydrogens (tertiary/aromatic N) is 5. The van der Waals surface area contributed by atoms with Crippen LogP contribution < -0.4 is 4.90 Å². The molecule has 0 amide bonds. The zero-order valence-corrected chi connectivity index (χ0v) is 21.0. The van der Waals surface area contributed by atoms with Crippen molar-refractivity contribution in [3.63, 3.8) is 0 Å². The largest absolute Gasteiger partial charge is 0.434 e. The second-order valence-electron chi connectivity index (χ2n) is 9.09. The van der Waals surface area contributed by atoms with E-state index in [0.717, 1.165) is 12.5 Å². The number of aromatic nitrogens is 4. The van der Waals surface area contributed by atoms with E-state index in [2.05, 4.69) is 15.0 Å². The number of aliphatic hydroxyl groups is 1. The van der Waals surface area contributed by atoms with E-state index in [1.165, 1.54) is 19.1 Å². The van der Waals surface area contributed by atoms with Gasteiger partial charge in [-0.05, 0) is 23.6 Å². The summed E-state index contributed by atoms with van der Waals surface area (Å²) in [5.74, 6) is -0.481. The number of fused-ring (bicyclic) bond motifs is 3. The lowest BCUT2D eigenvalue weighted by molar-refractivity contribution is -0.141. The maximum absolute atomic E-state index is 13.8. The number of aliphatic hydroxyl groups excluding tert-OH is 1. The van der Waals surface area contributed by atoms with Crippen molar-refractivity contribution in [2.75, 3.05) is 17.7 Å². The predicted molar refractivity (Wildman–Crippen MR) is 125 cm³/mol. The molecule has 1 aliphatic rings. The second-order valence-corrected chi connectivity index (χ2v) is 11.1. The highest BCUT2D eigenvalue weighted by molar-refractivity contribution is 7.90. The Balaban J connectivity index is 1.87. The second kappa shape index (κ2) is 9.11. The van der Waals surface area contributed by atoms with Gasteiger partial charge in [0.1, 0.15) is 5.82 Å². The van der Waals surface area contributed by atoms with E-state index < -0.39 is 45.7 Å². The van der Waals surface area contributed by atoms with Crippen LogP contribution in [0.2, 0.25) is 0 Å². The van der Waals surface area contributed by atoms with Gasteiger partial charge in [0.25, 0.3) is 0 Å². The molecule has 0 aliphatic carbocycles. The third-order valence-electron chi connectivity index (χ3n) is 6.25. The van der Waals surface area contributed by atoms with Crippen LogP contribution in [0, 0.1) is 5.92 Å². The zero-order chi connectivity index (χ0) is 26.6. The lowest BCUT2D eigenvalue weighted by Gasteiger charge is -2.38.